The van der Waals surface area contributed by atoms with E-state index >= 15 is 0 Å². The van der Waals surface area contributed by atoms with Gasteiger partial charge in [0, 0.05) is 6.54 Å². The molecule has 2 aromatic carbocycles. The monoisotopic (exact) mass is 257 g/mol. The fourth-order valence-corrected chi connectivity index (χ4v) is 1.65. The lowest BCUT2D eigenvalue weighted by molar-refractivity contribution is 0.315. The van der Waals surface area contributed by atoms with Gasteiger partial charge in [0.05, 0.1) is 0 Å². The highest BCUT2D eigenvalue weighted by molar-refractivity contribution is 5.35. The molecule has 0 radical (unpaired) electrons. The van der Waals surface area contributed by atoms with Crippen molar-refractivity contribution in [3.8, 4) is 17.2 Å². The second-order valence-corrected chi connectivity index (χ2v) is 4.09. The van der Waals surface area contributed by atoms with E-state index in [0.717, 1.165) is 30.3 Å². The third kappa shape index (κ3) is 4.64. The number of ether oxygens (including phenoxy) is 2. The SMILES string of the molecule is CCNCCOc1ccc(Oc2ccccc2)cc1. The van der Waals surface area contributed by atoms with Crippen molar-refractivity contribution in [2.75, 3.05) is 19.7 Å². The van der Waals surface area contributed by atoms with E-state index in [4.69, 9.17) is 9.47 Å². The maximum Gasteiger partial charge on any atom is 0.127 e. The standard InChI is InChI=1S/C16H19NO2/c1-2-17-12-13-18-14-8-10-16(11-9-14)19-15-6-4-3-5-7-15/h3-11,17H,2,12-13H2,1H3. The lowest BCUT2D eigenvalue weighted by atomic mass is 10.3. The highest BCUT2D eigenvalue weighted by atomic mass is 16.5. The average molecular weight is 257 g/mol. The smallest absolute Gasteiger partial charge is 0.127 e. The van der Waals surface area contributed by atoms with E-state index in [1.54, 1.807) is 0 Å². The maximum atomic E-state index is 5.71. The highest BCUT2D eigenvalue weighted by Gasteiger charge is 1.98. The van der Waals surface area contributed by atoms with Gasteiger partial charge in [-0.1, -0.05) is 25.1 Å². The summed E-state index contributed by atoms with van der Waals surface area (Å²) in [6.07, 6.45) is 0. The summed E-state index contributed by atoms with van der Waals surface area (Å²) in [5.41, 5.74) is 0. The van der Waals surface area contributed by atoms with Gasteiger partial charge in [-0.25, -0.2) is 0 Å². The first-order valence-electron chi connectivity index (χ1n) is 6.55. The van der Waals surface area contributed by atoms with Crippen molar-refractivity contribution >= 4 is 0 Å². The Morgan fingerprint density at radius 2 is 1.47 bits per heavy atom. The Morgan fingerprint density at radius 1 is 0.842 bits per heavy atom. The van der Waals surface area contributed by atoms with Crippen LogP contribution in [0.2, 0.25) is 0 Å². The van der Waals surface area contributed by atoms with Crippen LogP contribution in [0.15, 0.2) is 54.6 Å². The van der Waals surface area contributed by atoms with Crippen LogP contribution in [0.1, 0.15) is 6.92 Å². The van der Waals surface area contributed by atoms with E-state index < -0.39 is 0 Å². The van der Waals surface area contributed by atoms with Crippen LogP contribution in [0, 0.1) is 0 Å². The van der Waals surface area contributed by atoms with Gasteiger partial charge in [0.1, 0.15) is 23.9 Å². The molecule has 2 rings (SSSR count). The van der Waals surface area contributed by atoms with Crippen LogP contribution >= 0.6 is 0 Å². The Bertz CT molecular complexity index is 468. The van der Waals surface area contributed by atoms with Crippen LogP contribution in [0.25, 0.3) is 0 Å². The molecule has 2 aromatic rings. The number of likely N-dealkylation sites (N-methyl/N-ethyl adjacent to an activating group) is 1. The molecule has 0 saturated heterocycles. The third-order valence-electron chi connectivity index (χ3n) is 2.60. The molecule has 0 spiro atoms. The van der Waals surface area contributed by atoms with Gasteiger partial charge in [0.2, 0.25) is 0 Å². The molecule has 0 saturated carbocycles. The van der Waals surface area contributed by atoms with Crippen LogP contribution in [0.3, 0.4) is 0 Å². The van der Waals surface area contributed by atoms with Gasteiger partial charge >= 0.3 is 0 Å². The van der Waals surface area contributed by atoms with Gasteiger partial charge in [-0.2, -0.15) is 0 Å². The summed E-state index contributed by atoms with van der Waals surface area (Å²) in [5, 5.41) is 3.21. The van der Waals surface area contributed by atoms with Crippen molar-refractivity contribution in [3.63, 3.8) is 0 Å². The number of nitrogens with one attached hydrogen (secondary N) is 1. The lowest BCUT2D eigenvalue weighted by Gasteiger charge is -2.08. The van der Waals surface area contributed by atoms with Crippen molar-refractivity contribution in [1.82, 2.24) is 5.32 Å². The van der Waals surface area contributed by atoms with E-state index in [-0.39, 0.29) is 0 Å². The molecular weight excluding hydrogens is 238 g/mol. The third-order valence-corrected chi connectivity index (χ3v) is 2.60. The summed E-state index contributed by atoms with van der Waals surface area (Å²) < 4.78 is 11.3. The van der Waals surface area contributed by atoms with Crippen molar-refractivity contribution < 1.29 is 9.47 Å². The van der Waals surface area contributed by atoms with Gasteiger partial charge in [-0.05, 0) is 42.9 Å². The predicted molar refractivity (Wildman–Crippen MR) is 77.0 cm³/mol. The summed E-state index contributed by atoms with van der Waals surface area (Å²) in [4.78, 5) is 0. The molecule has 0 aromatic heterocycles. The number of para-hydroxylation sites is 1. The Labute approximate surface area is 114 Å². The fourth-order valence-electron chi connectivity index (χ4n) is 1.65. The minimum atomic E-state index is 0.673. The van der Waals surface area contributed by atoms with Crippen molar-refractivity contribution in [2.24, 2.45) is 0 Å². The van der Waals surface area contributed by atoms with E-state index in [2.05, 4.69) is 12.2 Å². The number of hydrogen-bond donors (Lipinski definition) is 1. The quantitative estimate of drug-likeness (QED) is 0.770. The van der Waals surface area contributed by atoms with E-state index in [1.807, 2.05) is 54.6 Å². The van der Waals surface area contributed by atoms with Crippen LogP contribution in [0.4, 0.5) is 0 Å². The van der Waals surface area contributed by atoms with Gasteiger partial charge in [-0.15, -0.1) is 0 Å². The second kappa shape index (κ2) is 7.44. The number of rotatable bonds is 7. The van der Waals surface area contributed by atoms with Gasteiger partial charge < -0.3 is 14.8 Å². The minimum Gasteiger partial charge on any atom is -0.492 e. The number of hydrogen-bond acceptors (Lipinski definition) is 3. The zero-order valence-corrected chi connectivity index (χ0v) is 11.1. The largest absolute Gasteiger partial charge is 0.492 e. The molecule has 3 heteroatoms. The average Bonchev–Trinajstić information content (AvgIpc) is 2.46. The van der Waals surface area contributed by atoms with Crippen LogP contribution in [0.5, 0.6) is 17.2 Å². The molecule has 19 heavy (non-hydrogen) atoms. The number of benzene rings is 2. The first-order chi connectivity index (χ1) is 9.38. The Balaban J connectivity index is 1.84. The summed E-state index contributed by atoms with van der Waals surface area (Å²) in [7, 11) is 0. The summed E-state index contributed by atoms with van der Waals surface area (Å²) in [5.74, 6) is 2.51. The van der Waals surface area contributed by atoms with Crippen LogP contribution < -0.4 is 14.8 Å². The molecule has 0 aliphatic rings. The van der Waals surface area contributed by atoms with E-state index in [1.165, 1.54) is 0 Å². The molecule has 1 N–H and O–H groups in total. The first-order valence-corrected chi connectivity index (χ1v) is 6.55. The van der Waals surface area contributed by atoms with Crippen LogP contribution in [-0.2, 0) is 0 Å². The maximum absolute atomic E-state index is 5.71. The molecule has 0 atom stereocenters. The molecule has 0 fully saturated rings. The van der Waals surface area contributed by atoms with Crippen molar-refractivity contribution in [2.45, 2.75) is 6.92 Å². The molecule has 0 amide bonds. The summed E-state index contributed by atoms with van der Waals surface area (Å²) in [6, 6.07) is 17.4. The second-order valence-electron chi connectivity index (χ2n) is 4.09. The van der Waals surface area contributed by atoms with Gasteiger partial charge in [0.15, 0.2) is 0 Å². The fraction of sp³-hybridized carbons (Fsp3) is 0.250. The van der Waals surface area contributed by atoms with E-state index in [9.17, 15) is 0 Å². The zero-order chi connectivity index (χ0) is 13.3. The minimum absolute atomic E-state index is 0.673. The highest BCUT2D eigenvalue weighted by Crippen LogP contribution is 2.23. The Morgan fingerprint density at radius 3 is 2.16 bits per heavy atom. The first kappa shape index (κ1) is 13.4. The zero-order valence-electron chi connectivity index (χ0n) is 11.1. The summed E-state index contributed by atoms with van der Waals surface area (Å²) in [6.45, 7) is 4.58. The molecular formula is C16H19NO2. The summed E-state index contributed by atoms with van der Waals surface area (Å²) >= 11 is 0. The van der Waals surface area contributed by atoms with Crippen molar-refractivity contribution in [3.05, 3.63) is 54.6 Å². The molecule has 100 valence electrons. The normalized spacial score (nSPS) is 10.2. The Kier molecular flexibility index (Phi) is 5.26. The Hall–Kier alpha value is -2.00. The van der Waals surface area contributed by atoms with Crippen molar-refractivity contribution in [1.29, 1.82) is 0 Å². The molecule has 0 heterocycles. The topological polar surface area (TPSA) is 30.5 Å². The predicted octanol–water partition coefficient (Wildman–Crippen LogP) is 3.47. The van der Waals surface area contributed by atoms with Crippen LogP contribution in [-0.4, -0.2) is 19.7 Å². The molecule has 0 aliphatic heterocycles. The molecule has 0 bridgehead atoms. The molecule has 0 unspecified atom stereocenters. The molecule has 3 nitrogen and oxygen atoms in total. The molecule has 0 aliphatic carbocycles. The van der Waals surface area contributed by atoms with Gasteiger partial charge in [0.25, 0.3) is 0 Å². The van der Waals surface area contributed by atoms with Gasteiger partial charge in [-0.3, -0.25) is 0 Å². The lowest BCUT2D eigenvalue weighted by Crippen LogP contribution is -2.20. The van der Waals surface area contributed by atoms with E-state index in [0.29, 0.717) is 6.61 Å².